The number of hydrogen-bond acceptors (Lipinski definition) is 3. The molecule has 11 aromatic rings. The maximum atomic E-state index is 7.13. The van der Waals surface area contributed by atoms with Crippen LogP contribution < -0.4 is 4.90 Å². The first-order chi connectivity index (χ1) is 32.3. The molecule has 1 aromatic heterocycles. The molecule has 2 nitrogen and oxygen atoms in total. The summed E-state index contributed by atoms with van der Waals surface area (Å²) in [6, 6.07) is 89.0. The van der Waals surface area contributed by atoms with E-state index in [0.717, 1.165) is 44.6 Å². The molecule has 1 aliphatic heterocycles. The predicted molar refractivity (Wildman–Crippen MR) is 269 cm³/mol. The molecule has 306 valence electrons. The van der Waals surface area contributed by atoms with E-state index in [1.807, 2.05) is 11.8 Å². The molecule has 0 saturated heterocycles. The Morgan fingerprint density at radius 3 is 1.78 bits per heavy atom. The van der Waals surface area contributed by atoms with E-state index in [1.54, 1.807) is 0 Å². The topological polar surface area (TPSA) is 16.4 Å². The molecule has 0 radical (unpaired) electrons. The number of hydrogen-bond donors (Lipinski definition) is 0. The van der Waals surface area contributed by atoms with Gasteiger partial charge in [0.2, 0.25) is 0 Å². The van der Waals surface area contributed by atoms with Crippen LogP contribution in [0.15, 0.2) is 257 Å². The summed E-state index contributed by atoms with van der Waals surface area (Å²) in [5, 5.41) is 2.21. The van der Waals surface area contributed by atoms with Gasteiger partial charge in [-0.1, -0.05) is 200 Å². The van der Waals surface area contributed by atoms with Gasteiger partial charge in [-0.05, 0) is 110 Å². The van der Waals surface area contributed by atoms with Crippen molar-refractivity contribution in [3.05, 3.63) is 282 Å². The Balaban J connectivity index is 1.12. The predicted octanol–water partition coefficient (Wildman–Crippen LogP) is 16.7. The highest BCUT2D eigenvalue weighted by Gasteiger charge is 2.50. The second-order valence-corrected chi connectivity index (χ2v) is 18.2. The van der Waals surface area contributed by atoms with Gasteiger partial charge in [-0.2, -0.15) is 0 Å². The zero-order valence-electron chi connectivity index (χ0n) is 35.4. The first-order valence-corrected chi connectivity index (χ1v) is 23.2. The van der Waals surface area contributed by atoms with Crippen LogP contribution >= 0.6 is 11.8 Å². The Labute approximate surface area is 383 Å². The van der Waals surface area contributed by atoms with Crippen LogP contribution in [0, 0.1) is 0 Å². The van der Waals surface area contributed by atoms with Gasteiger partial charge in [0.05, 0.1) is 11.1 Å². The zero-order valence-corrected chi connectivity index (χ0v) is 36.3. The third kappa shape index (κ3) is 5.82. The maximum absolute atomic E-state index is 7.13. The van der Waals surface area contributed by atoms with Crippen LogP contribution in [0.25, 0.3) is 44.2 Å². The van der Waals surface area contributed by atoms with Crippen LogP contribution in [0.4, 0.5) is 17.1 Å². The van der Waals surface area contributed by atoms with Crippen molar-refractivity contribution in [3.63, 3.8) is 0 Å². The molecule has 2 heterocycles. The highest BCUT2D eigenvalue weighted by atomic mass is 32.2. The minimum Gasteiger partial charge on any atom is -0.456 e. The molecule has 2 aliphatic rings. The summed E-state index contributed by atoms with van der Waals surface area (Å²) in [4.78, 5) is 4.97. The lowest BCUT2D eigenvalue weighted by atomic mass is 9.66. The van der Waals surface area contributed by atoms with E-state index in [-0.39, 0.29) is 5.92 Å². The molecule has 13 rings (SSSR count). The fourth-order valence-electron chi connectivity index (χ4n) is 10.9. The highest BCUT2D eigenvalue weighted by Crippen LogP contribution is 2.63. The van der Waals surface area contributed by atoms with Crippen molar-refractivity contribution in [1.82, 2.24) is 0 Å². The zero-order chi connectivity index (χ0) is 42.9. The van der Waals surface area contributed by atoms with Crippen molar-refractivity contribution in [3.8, 4) is 22.3 Å². The molecule has 0 saturated carbocycles. The van der Waals surface area contributed by atoms with Gasteiger partial charge < -0.3 is 9.32 Å². The smallest absolute Gasteiger partial charge is 0.141 e. The first-order valence-electron chi connectivity index (χ1n) is 22.4. The normalized spacial score (nSPS) is 15.0. The number of benzene rings is 10. The summed E-state index contributed by atoms with van der Waals surface area (Å²) in [6.45, 7) is 0. The van der Waals surface area contributed by atoms with Crippen molar-refractivity contribution in [2.45, 2.75) is 21.1 Å². The minimum absolute atomic E-state index is 0.218. The van der Waals surface area contributed by atoms with Gasteiger partial charge in [-0.3, -0.25) is 0 Å². The SMILES string of the molecule is c1ccc(-c2ccc3c(c2)Sc2ccccc2C32c3ccccc3-c3ccc(C(c4ccccc4)c4c(N(c5ccccc5)c5ccccc5)ccc5c4oc4ccccc45)cc32)cc1. The molecule has 2 unspecified atom stereocenters. The Hall–Kier alpha value is -7.85. The molecule has 1 spiro atoms. The fraction of sp³-hybridized carbons (Fsp3) is 0.0323. The van der Waals surface area contributed by atoms with E-state index in [9.17, 15) is 0 Å². The molecule has 0 fully saturated rings. The van der Waals surface area contributed by atoms with Crippen molar-refractivity contribution < 1.29 is 4.42 Å². The van der Waals surface area contributed by atoms with Gasteiger partial charge in [0.25, 0.3) is 0 Å². The van der Waals surface area contributed by atoms with E-state index in [0.29, 0.717) is 0 Å². The summed E-state index contributed by atoms with van der Waals surface area (Å²) >= 11 is 1.89. The quantitative estimate of drug-likeness (QED) is 0.149. The lowest BCUT2D eigenvalue weighted by Gasteiger charge is -2.40. The van der Waals surface area contributed by atoms with Gasteiger partial charge in [-0.15, -0.1) is 0 Å². The molecule has 2 atom stereocenters. The van der Waals surface area contributed by atoms with Crippen molar-refractivity contribution in [2.75, 3.05) is 4.90 Å². The Kier molecular flexibility index (Phi) is 8.79. The van der Waals surface area contributed by atoms with Gasteiger partial charge in [0.15, 0.2) is 0 Å². The molecular weight excluding hydrogens is 807 g/mol. The number of para-hydroxylation sites is 3. The summed E-state index contributed by atoms with van der Waals surface area (Å²) in [5.41, 5.74) is 18.2. The highest BCUT2D eigenvalue weighted by molar-refractivity contribution is 7.99. The monoisotopic (exact) mass is 847 g/mol. The van der Waals surface area contributed by atoms with E-state index in [4.69, 9.17) is 4.42 Å². The van der Waals surface area contributed by atoms with Crippen molar-refractivity contribution in [2.24, 2.45) is 0 Å². The first kappa shape index (κ1) is 37.7. The van der Waals surface area contributed by atoms with E-state index < -0.39 is 5.41 Å². The summed E-state index contributed by atoms with van der Waals surface area (Å²) in [7, 11) is 0. The van der Waals surface area contributed by atoms with Crippen LogP contribution in [0.1, 0.15) is 44.9 Å². The van der Waals surface area contributed by atoms with Crippen molar-refractivity contribution in [1.29, 1.82) is 0 Å². The number of anilines is 3. The number of fused-ring (bicyclic) bond motifs is 12. The van der Waals surface area contributed by atoms with Crippen molar-refractivity contribution >= 4 is 50.8 Å². The van der Waals surface area contributed by atoms with Crippen LogP contribution in [0.5, 0.6) is 0 Å². The average molecular weight is 848 g/mol. The van der Waals surface area contributed by atoms with Crippen LogP contribution in [-0.2, 0) is 5.41 Å². The second kappa shape index (κ2) is 15.2. The molecule has 65 heavy (non-hydrogen) atoms. The average Bonchev–Trinajstić information content (AvgIpc) is 3.90. The third-order valence-corrected chi connectivity index (χ3v) is 14.8. The summed E-state index contributed by atoms with van der Waals surface area (Å²) in [6.07, 6.45) is 0. The van der Waals surface area contributed by atoms with Crippen LogP contribution in [0.3, 0.4) is 0 Å². The Morgan fingerprint density at radius 1 is 0.400 bits per heavy atom. The van der Waals surface area contributed by atoms with E-state index >= 15 is 0 Å². The summed E-state index contributed by atoms with van der Waals surface area (Å²) in [5.74, 6) is -0.218. The summed E-state index contributed by atoms with van der Waals surface area (Å²) < 4.78 is 7.13. The second-order valence-electron chi connectivity index (χ2n) is 17.1. The minimum atomic E-state index is -0.552. The molecule has 0 amide bonds. The maximum Gasteiger partial charge on any atom is 0.141 e. The number of furan rings is 1. The van der Waals surface area contributed by atoms with E-state index in [1.165, 1.54) is 65.4 Å². The number of nitrogens with zero attached hydrogens (tertiary/aromatic N) is 1. The molecule has 3 heteroatoms. The Morgan fingerprint density at radius 2 is 1.02 bits per heavy atom. The molecular formula is C62H41NOS. The molecule has 0 N–H and O–H groups in total. The van der Waals surface area contributed by atoms with Crippen LogP contribution in [-0.4, -0.2) is 0 Å². The molecule has 0 bridgehead atoms. The van der Waals surface area contributed by atoms with Gasteiger partial charge >= 0.3 is 0 Å². The number of rotatable bonds is 7. The molecule has 1 aliphatic carbocycles. The van der Waals surface area contributed by atoms with E-state index in [2.05, 4.69) is 248 Å². The van der Waals surface area contributed by atoms with Crippen LogP contribution in [0.2, 0.25) is 0 Å². The lowest BCUT2D eigenvalue weighted by molar-refractivity contribution is 0.661. The van der Waals surface area contributed by atoms with Gasteiger partial charge in [-0.25, -0.2) is 0 Å². The fourth-order valence-corrected chi connectivity index (χ4v) is 12.2. The van der Waals surface area contributed by atoms with Gasteiger partial charge in [0.1, 0.15) is 11.2 Å². The Bertz CT molecular complexity index is 3540. The van der Waals surface area contributed by atoms with Gasteiger partial charge in [0, 0.05) is 43.4 Å². The molecule has 10 aromatic carbocycles. The largest absolute Gasteiger partial charge is 0.456 e. The lowest BCUT2D eigenvalue weighted by Crippen LogP contribution is -2.32. The standard InChI is InChI=1S/C62H41NOS/c1-5-19-41(20-6-1)43-34-37-53-58(40-43)65-57-32-18-16-30-52(57)62(53)51-29-15-13-27-47(51)48-35-33-44(39-54(48)62)59(42-21-7-2-8-22-42)60-55(38-36-50-49-28-14-17-31-56(49)64-61(50)60)63(45-23-9-3-10-24-45)46-25-11-4-12-26-46/h1-40,59H. The third-order valence-electron chi connectivity index (χ3n) is 13.7.